The predicted molar refractivity (Wildman–Crippen MR) is 95.3 cm³/mol. The molecule has 2 atom stereocenters. The fourth-order valence-corrected chi connectivity index (χ4v) is 3.57. The zero-order valence-corrected chi connectivity index (χ0v) is 14.7. The highest BCUT2D eigenvalue weighted by atomic mass is 79.9. The van der Waals surface area contributed by atoms with E-state index in [-0.39, 0.29) is 24.0 Å². The molecule has 4 nitrogen and oxygen atoms in total. The molecule has 5 heteroatoms. The zero-order valence-electron chi connectivity index (χ0n) is 13.1. The first-order valence-corrected chi connectivity index (χ1v) is 8.46. The zero-order chi connectivity index (χ0) is 17.3. The van der Waals surface area contributed by atoms with Crippen molar-refractivity contribution in [2.24, 2.45) is 0 Å². The average molecular weight is 386 g/mol. The molecule has 2 aromatic rings. The van der Waals surface area contributed by atoms with Gasteiger partial charge in [0.05, 0.1) is 5.69 Å². The van der Waals surface area contributed by atoms with Gasteiger partial charge in [-0.05, 0) is 29.8 Å². The summed E-state index contributed by atoms with van der Waals surface area (Å²) in [4.78, 5) is 38.0. The lowest BCUT2D eigenvalue weighted by molar-refractivity contribution is -0.117. The number of benzene rings is 2. The topological polar surface area (TPSA) is 54.5 Å². The summed E-state index contributed by atoms with van der Waals surface area (Å²) in [5.41, 5.74) is 2.02. The molecule has 0 bridgehead atoms. The molecular formula is C19H16BrNO3. The Bertz CT molecular complexity index is 801. The van der Waals surface area contributed by atoms with E-state index in [0.717, 1.165) is 16.3 Å². The summed E-state index contributed by atoms with van der Waals surface area (Å²) in [5, 5.41) is 0. The molecule has 1 amide bonds. The van der Waals surface area contributed by atoms with Crippen LogP contribution in [0.5, 0.6) is 0 Å². The minimum Gasteiger partial charge on any atom is -0.303 e. The Labute approximate surface area is 148 Å². The molecule has 0 unspecified atom stereocenters. The van der Waals surface area contributed by atoms with Gasteiger partial charge in [-0.15, -0.1) is 0 Å². The number of Topliss-reactive ketones (excluding diaryl/α,β-unsaturated/α-hetero) is 1. The standard InChI is InChI=1S/C19H16BrNO3/c1-12(23)21-17-5-3-2-4-16(17)19(24)18(21)15(10-11-22)13-6-8-14(20)9-7-13/h2-9,11,15,18H,10H2,1H3/t15-,18+/m0/s1. The number of fused-ring (bicyclic) bond motifs is 1. The highest BCUT2D eigenvalue weighted by Crippen LogP contribution is 2.39. The SMILES string of the molecule is CC(=O)N1c2ccccc2C(=O)[C@H]1[C@@H](CC=O)c1ccc(Br)cc1. The third-order valence-corrected chi connectivity index (χ3v) is 4.87. The lowest BCUT2D eigenvalue weighted by atomic mass is 9.86. The van der Waals surface area contributed by atoms with Crippen LogP contribution in [0.3, 0.4) is 0 Å². The van der Waals surface area contributed by atoms with Crippen molar-refractivity contribution in [1.29, 1.82) is 0 Å². The number of hydrogen-bond acceptors (Lipinski definition) is 3. The van der Waals surface area contributed by atoms with Crippen molar-refractivity contribution in [2.75, 3.05) is 4.90 Å². The maximum atomic E-state index is 12.9. The van der Waals surface area contributed by atoms with Crippen molar-refractivity contribution in [3.05, 3.63) is 64.1 Å². The molecule has 0 spiro atoms. The molecule has 0 radical (unpaired) electrons. The molecule has 1 aliphatic rings. The molecule has 122 valence electrons. The van der Waals surface area contributed by atoms with Gasteiger partial charge in [0.2, 0.25) is 5.91 Å². The maximum Gasteiger partial charge on any atom is 0.224 e. The van der Waals surface area contributed by atoms with Crippen LogP contribution in [-0.4, -0.2) is 24.0 Å². The molecule has 2 aromatic carbocycles. The summed E-state index contributed by atoms with van der Waals surface area (Å²) in [6.45, 7) is 1.45. The van der Waals surface area contributed by atoms with Crippen molar-refractivity contribution in [3.8, 4) is 0 Å². The number of rotatable bonds is 4. The number of aldehydes is 1. The normalized spacial score (nSPS) is 17.5. The van der Waals surface area contributed by atoms with Crippen molar-refractivity contribution in [1.82, 2.24) is 0 Å². The molecule has 24 heavy (non-hydrogen) atoms. The van der Waals surface area contributed by atoms with Crippen molar-refractivity contribution in [3.63, 3.8) is 0 Å². The first kappa shape index (κ1) is 16.6. The second-order valence-electron chi connectivity index (χ2n) is 5.78. The number of ketones is 1. The number of nitrogens with zero attached hydrogens (tertiary/aromatic N) is 1. The van der Waals surface area contributed by atoms with Crippen molar-refractivity contribution in [2.45, 2.75) is 25.3 Å². The summed E-state index contributed by atoms with van der Waals surface area (Å²) in [6.07, 6.45) is 0.983. The highest BCUT2D eigenvalue weighted by molar-refractivity contribution is 9.10. The summed E-state index contributed by atoms with van der Waals surface area (Å²) in [5.74, 6) is -0.693. The van der Waals surface area contributed by atoms with Crippen LogP contribution in [0.15, 0.2) is 53.0 Å². The third kappa shape index (κ3) is 2.80. The van der Waals surface area contributed by atoms with Crippen molar-refractivity contribution < 1.29 is 14.4 Å². The smallest absolute Gasteiger partial charge is 0.224 e. The van der Waals surface area contributed by atoms with Gasteiger partial charge in [-0.3, -0.25) is 9.59 Å². The Morgan fingerprint density at radius 1 is 1.21 bits per heavy atom. The molecule has 0 N–H and O–H groups in total. The quantitative estimate of drug-likeness (QED) is 0.753. The number of amides is 1. The lowest BCUT2D eigenvalue weighted by Crippen LogP contribution is -2.43. The third-order valence-electron chi connectivity index (χ3n) is 4.34. The van der Waals surface area contributed by atoms with E-state index in [9.17, 15) is 14.4 Å². The van der Waals surface area contributed by atoms with E-state index in [1.54, 1.807) is 24.3 Å². The van der Waals surface area contributed by atoms with Gasteiger partial charge in [-0.1, -0.05) is 40.2 Å². The van der Waals surface area contributed by atoms with E-state index < -0.39 is 6.04 Å². The number of carbonyl (C=O) groups excluding carboxylic acids is 3. The van der Waals surface area contributed by atoms with Crippen LogP contribution >= 0.6 is 15.9 Å². The van der Waals surface area contributed by atoms with E-state index in [1.165, 1.54) is 11.8 Å². The number of halogens is 1. The fourth-order valence-electron chi connectivity index (χ4n) is 3.31. The van der Waals surface area contributed by atoms with Crippen LogP contribution < -0.4 is 4.90 Å². The van der Waals surface area contributed by atoms with E-state index >= 15 is 0 Å². The van der Waals surface area contributed by atoms with E-state index in [2.05, 4.69) is 15.9 Å². The molecule has 3 rings (SSSR count). The van der Waals surface area contributed by atoms with Gasteiger partial charge < -0.3 is 9.69 Å². The monoisotopic (exact) mass is 385 g/mol. The number of para-hydroxylation sites is 1. The number of hydrogen-bond donors (Lipinski definition) is 0. The maximum absolute atomic E-state index is 12.9. The number of anilines is 1. The molecule has 1 aliphatic heterocycles. The molecule has 1 heterocycles. The van der Waals surface area contributed by atoms with E-state index in [4.69, 9.17) is 0 Å². The molecule has 0 aliphatic carbocycles. The fraction of sp³-hybridized carbons (Fsp3) is 0.211. The molecular weight excluding hydrogens is 370 g/mol. The molecule has 0 saturated heterocycles. The first-order chi connectivity index (χ1) is 11.5. The van der Waals surface area contributed by atoms with Gasteiger partial charge in [0.25, 0.3) is 0 Å². The lowest BCUT2D eigenvalue weighted by Gasteiger charge is -2.29. The minimum absolute atomic E-state index is 0.115. The van der Waals surface area contributed by atoms with Crippen LogP contribution in [0, 0.1) is 0 Å². The highest BCUT2D eigenvalue weighted by Gasteiger charge is 2.44. The Morgan fingerprint density at radius 3 is 2.50 bits per heavy atom. The van der Waals surface area contributed by atoms with Gasteiger partial charge >= 0.3 is 0 Å². The Hall–Kier alpha value is -2.27. The summed E-state index contributed by atoms with van der Waals surface area (Å²) < 4.78 is 0.917. The first-order valence-electron chi connectivity index (χ1n) is 7.66. The second kappa shape index (κ2) is 6.69. The molecule has 0 fully saturated rings. The Kier molecular flexibility index (Phi) is 4.62. The second-order valence-corrected chi connectivity index (χ2v) is 6.69. The van der Waals surface area contributed by atoms with E-state index in [1.807, 2.05) is 24.3 Å². The van der Waals surface area contributed by atoms with Crippen LogP contribution in [-0.2, 0) is 9.59 Å². The van der Waals surface area contributed by atoms with Crippen LogP contribution in [0.25, 0.3) is 0 Å². The number of carbonyl (C=O) groups is 3. The van der Waals surface area contributed by atoms with Gasteiger partial charge in [0, 0.05) is 29.3 Å². The molecule has 0 aromatic heterocycles. The largest absolute Gasteiger partial charge is 0.303 e. The predicted octanol–water partition coefficient (Wildman–Crippen LogP) is 3.74. The average Bonchev–Trinajstić information content (AvgIpc) is 2.87. The van der Waals surface area contributed by atoms with Crippen LogP contribution in [0.2, 0.25) is 0 Å². The minimum atomic E-state index is -0.689. The van der Waals surface area contributed by atoms with Gasteiger partial charge in [0.1, 0.15) is 12.3 Å². The summed E-state index contributed by atoms with van der Waals surface area (Å²) in [6, 6.07) is 13.9. The van der Waals surface area contributed by atoms with Gasteiger partial charge in [0.15, 0.2) is 5.78 Å². The van der Waals surface area contributed by atoms with Crippen LogP contribution in [0.4, 0.5) is 5.69 Å². The van der Waals surface area contributed by atoms with Gasteiger partial charge in [-0.25, -0.2) is 0 Å². The van der Waals surface area contributed by atoms with Crippen molar-refractivity contribution >= 4 is 39.6 Å². The van der Waals surface area contributed by atoms with Gasteiger partial charge in [-0.2, -0.15) is 0 Å². The molecule has 0 saturated carbocycles. The van der Waals surface area contributed by atoms with Crippen LogP contribution in [0.1, 0.15) is 35.2 Å². The Balaban J connectivity index is 2.10. The van der Waals surface area contributed by atoms with E-state index in [0.29, 0.717) is 11.3 Å². The summed E-state index contributed by atoms with van der Waals surface area (Å²) >= 11 is 3.39. The summed E-state index contributed by atoms with van der Waals surface area (Å²) in [7, 11) is 0. The Morgan fingerprint density at radius 2 is 1.88 bits per heavy atom.